The van der Waals surface area contributed by atoms with Gasteiger partial charge in [0, 0.05) is 17.7 Å². The Labute approximate surface area is 188 Å². The molecule has 3 aromatic rings. The molecule has 31 heavy (non-hydrogen) atoms. The fourth-order valence-corrected chi connectivity index (χ4v) is 4.13. The molecule has 0 radical (unpaired) electrons. The Hall–Kier alpha value is -2.80. The molecule has 2 aromatic carbocycles. The number of thioether (sulfide) groups is 1. The van der Waals surface area contributed by atoms with Gasteiger partial charge >= 0.3 is 0 Å². The summed E-state index contributed by atoms with van der Waals surface area (Å²) >= 11 is 1.39. The number of rotatable bonds is 8. The van der Waals surface area contributed by atoms with Crippen molar-refractivity contribution in [1.82, 2.24) is 14.8 Å². The summed E-state index contributed by atoms with van der Waals surface area (Å²) < 4.78 is 12.6. The maximum Gasteiger partial charge on any atom is 0.191 e. The van der Waals surface area contributed by atoms with E-state index in [9.17, 15) is 4.79 Å². The second-order valence-corrected chi connectivity index (χ2v) is 9.10. The number of benzene rings is 2. The molecule has 3 rings (SSSR count). The molecule has 0 fully saturated rings. The molecule has 0 aliphatic carbocycles. The van der Waals surface area contributed by atoms with Crippen molar-refractivity contribution in [2.45, 2.75) is 44.8 Å². The molecule has 0 unspecified atom stereocenters. The highest BCUT2D eigenvalue weighted by Crippen LogP contribution is 2.30. The fraction of sp³-hybridized carbons (Fsp3) is 0.375. The van der Waals surface area contributed by atoms with Crippen LogP contribution in [0.2, 0.25) is 0 Å². The molecule has 0 saturated carbocycles. The Bertz CT molecular complexity index is 1050. The van der Waals surface area contributed by atoms with E-state index in [1.807, 2.05) is 4.57 Å². The zero-order chi connectivity index (χ0) is 22.6. The summed E-state index contributed by atoms with van der Waals surface area (Å²) in [5, 5.41) is 9.46. The van der Waals surface area contributed by atoms with Crippen LogP contribution >= 0.6 is 11.8 Å². The van der Waals surface area contributed by atoms with Crippen LogP contribution < -0.4 is 9.47 Å². The van der Waals surface area contributed by atoms with Crippen LogP contribution in [0.4, 0.5) is 0 Å². The first kappa shape index (κ1) is 22.9. The van der Waals surface area contributed by atoms with E-state index >= 15 is 0 Å². The summed E-state index contributed by atoms with van der Waals surface area (Å²) in [4.78, 5) is 12.7. The van der Waals surface area contributed by atoms with E-state index in [1.165, 1.54) is 17.3 Å². The minimum atomic E-state index is -0.00677. The number of carbonyl (C=O) groups is 1. The molecule has 0 N–H and O–H groups in total. The number of ether oxygens (including phenoxy) is 2. The summed E-state index contributed by atoms with van der Waals surface area (Å²) in [5.74, 6) is 2.20. The summed E-state index contributed by atoms with van der Waals surface area (Å²) in [6.07, 6.45) is 0. The van der Waals surface area contributed by atoms with Crippen LogP contribution in [0, 0.1) is 0 Å². The van der Waals surface area contributed by atoms with Gasteiger partial charge in [0.2, 0.25) is 0 Å². The summed E-state index contributed by atoms with van der Waals surface area (Å²) in [7, 11) is 3.13. The van der Waals surface area contributed by atoms with Crippen molar-refractivity contribution in [3.63, 3.8) is 0 Å². The van der Waals surface area contributed by atoms with Crippen LogP contribution in [-0.4, -0.2) is 40.5 Å². The van der Waals surface area contributed by atoms with Gasteiger partial charge in [-0.3, -0.25) is 4.79 Å². The van der Waals surface area contributed by atoms with Gasteiger partial charge in [-0.1, -0.05) is 56.8 Å². The summed E-state index contributed by atoms with van der Waals surface area (Å²) in [5.41, 5.74) is 2.96. The number of methoxy groups -OCH3 is 2. The topological polar surface area (TPSA) is 66.2 Å². The number of Topliss-reactive ketones (excluding diaryl/α,β-unsaturated/α-hetero) is 1. The Morgan fingerprint density at radius 3 is 2.26 bits per heavy atom. The minimum absolute atomic E-state index is 0.00677. The van der Waals surface area contributed by atoms with Crippen LogP contribution in [-0.2, 0) is 12.0 Å². The zero-order valence-electron chi connectivity index (χ0n) is 18.9. The van der Waals surface area contributed by atoms with Gasteiger partial charge in [0.05, 0.1) is 20.0 Å². The Kier molecular flexibility index (Phi) is 7.05. The standard InChI is InChI=1S/C24H29N3O3S/c1-7-27-22(16-8-11-18(12-9-16)24(2,3)4)25-26-23(27)31-15-19(28)17-10-13-20(29-5)21(14-17)30-6/h8-14H,7,15H2,1-6H3. The third kappa shape index (κ3) is 5.10. The molecule has 0 aliphatic rings. The van der Waals surface area contributed by atoms with Crippen LogP contribution in [0.1, 0.15) is 43.6 Å². The van der Waals surface area contributed by atoms with Gasteiger partial charge in [0.1, 0.15) is 0 Å². The largest absolute Gasteiger partial charge is 0.493 e. The van der Waals surface area contributed by atoms with Crippen molar-refractivity contribution >= 4 is 17.5 Å². The first-order valence-corrected chi connectivity index (χ1v) is 11.2. The van der Waals surface area contributed by atoms with Crippen LogP contribution in [0.15, 0.2) is 47.6 Å². The van der Waals surface area contributed by atoms with E-state index in [-0.39, 0.29) is 17.0 Å². The zero-order valence-corrected chi connectivity index (χ0v) is 19.7. The lowest BCUT2D eigenvalue weighted by Crippen LogP contribution is -2.10. The highest BCUT2D eigenvalue weighted by atomic mass is 32.2. The number of nitrogens with zero attached hydrogens (tertiary/aromatic N) is 3. The predicted molar refractivity (Wildman–Crippen MR) is 124 cm³/mol. The van der Waals surface area contributed by atoms with E-state index in [2.05, 4.69) is 62.2 Å². The van der Waals surface area contributed by atoms with Gasteiger partial charge in [-0.2, -0.15) is 0 Å². The van der Waals surface area contributed by atoms with Gasteiger partial charge in [-0.25, -0.2) is 0 Å². The number of aromatic nitrogens is 3. The summed E-state index contributed by atoms with van der Waals surface area (Å²) in [6, 6.07) is 13.6. The van der Waals surface area contributed by atoms with E-state index in [4.69, 9.17) is 9.47 Å². The normalized spacial score (nSPS) is 11.4. The lowest BCUT2D eigenvalue weighted by molar-refractivity contribution is 0.102. The highest BCUT2D eigenvalue weighted by molar-refractivity contribution is 7.99. The molecule has 0 spiro atoms. The van der Waals surface area contributed by atoms with Crippen molar-refractivity contribution in [2.75, 3.05) is 20.0 Å². The molecule has 0 atom stereocenters. The third-order valence-electron chi connectivity index (χ3n) is 5.08. The molecule has 0 aliphatic heterocycles. The van der Waals surface area contributed by atoms with Crippen molar-refractivity contribution < 1.29 is 14.3 Å². The van der Waals surface area contributed by atoms with Crippen molar-refractivity contribution in [2.24, 2.45) is 0 Å². The second kappa shape index (κ2) is 9.56. The minimum Gasteiger partial charge on any atom is -0.493 e. The fourth-order valence-electron chi connectivity index (χ4n) is 3.24. The molecule has 0 bridgehead atoms. The monoisotopic (exact) mass is 439 g/mol. The number of ketones is 1. The van der Waals surface area contributed by atoms with E-state index in [1.54, 1.807) is 32.4 Å². The van der Waals surface area contributed by atoms with E-state index in [0.29, 0.717) is 17.1 Å². The molecule has 1 heterocycles. The van der Waals surface area contributed by atoms with Crippen molar-refractivity contribution in [1.29, 1.82) is 0 Å². The van der Waals surface area contributed by atoms with Gasteiger partial charge in [0.25, 0.3) is 0 Å². The molecule has 0 saturated heterocycles. The first-order chi connectivity index (χ1) is 14.8. The third-order valence-corrected chi connectivity index (χ3v) is 6.05. The smallest absolute Gasteiger partial charge is 0.191 e. The van der Waals surface area contributed by atoms with Gasteiger partial charge in [-0.05, 0) is 36.1 Å². The maximum absolute atomic E-state index is 12.7. The predicted octanol–water partition coefficient (Wildman–Crippen LogP) is 5.25. The highest BCUT2D eigenvalue weighted by Gasteiger charge is 2.18. The molecule has 1 aromatic heterocycles. The van der Waals surface area contributed by atoms with E-state index in [0.717, 1.165) is 23.1 Å². The number of hydrogen-bond acceptors (Lipinski definition) is 6. The quantitative estimate of drug-likeness (QED) is 0.353. The molecule has 164 valence electrons. The number of carbonyl (C=O) groups excluding carboxylic acids is 1. The lowest BCUT2D eigenvalue weighted by atomic mass is 9.87. The maximum atomic E-state index is 12.7. The Morgan fingerprint density at radius 2 is 1.68 bits per heavy atom. The Morgan fingerprint density at radius 1 is 1.00 bits per heavy atom. The van der Waals surface area contributed by atoms with Crippen LogP contribution in [0.3, 0.4) is 0 Å². The van der Waals surface area contributed by atoms with Gasteiger partial charge in [-0.15, -0.1) is 10.2 Å². The molecule has 0 amide bonds. The van der Waals surface area contributed by atoms with Crippen LogP contribution in [0.5, 0.6) is 11.5 Å². The Balaban J connectivity index is 1.76. The SMILES string of the molecule is CCn1c(SCC(=O)c2ccc(OC)c(OC)c2)nnc1-c1ccc(C(C)(C)C)cc1. The lowest BCUT2D eigenvalue weighted by Gasteiger charge is -2.19. The van der Waals surface area contributed by atoms with Gasteiger partial charge in [0.15, 0.2) is 28.3 Å². The second-order valence-electron chi connectivity index (χ2n) is 8.16. The van der Waals surface area contributed by atoms with Crippen molar-refractivity contribution in [3.8, 4) is 22.9 Å². The number of hydrogen-bond donors (Lipinski definition) is 0. The average Bonchev–Trinajstić information content (AvgIpc) is 3.19. The van der Waals surface area contributed by atoms with Gasteiger partial charge < -0.3 is 14.0 Å². The average molecular weight is 440 g/mol. The molecule has 7 heteroatoms. The molecular weight excluding hydrogens is 410 g/mol. The first-order valence-electron chi connectivity index (χ1n) is 10.2. The summed E-state index contributed by atoms with van der Waals surface area (Å²) in [6.45, 7) is 9.36. The van der Waals surface area contributed by atoms with Crippen LogP contribution in [0.25, 0.3) is 11.4 Å². The van der Waals surface area contributed by atoms with Crippen molar-refractivity contribution in [3.05, 3.63) is 53.6 Å². The molecular formula is C24H29N3O3S. The van der Waals surface area contributed by atoms with E-state index < -0.39 is 0 Å². The molecule has 6 nitrogen and oxygen atoms in total.